The van der Waals surface area contributed by atoms with Crippen LogP contribution in [0.2, 0.25) is 4.34 Å². The lowest BCUT2D eigenvalue weighted by Gasteiger charge is -2.15. The lowest BCUT2D eigenvalue weighted by Crippen LogP contribution is -2.27. The van der Waals surface area contributed by atoms with Crippen molar-refractivity contribution in [2.24, 2.45) is 0 Å². The Morgan fingerprint density at radius 3 is 2.80 bits per heavy atom. The Kier molecular flexibility index (Phi) is 5.90. The fraction of sp³-hybridized carbons (Fsp3) is 0.333. The van der Waals surface area contributed by atoms with Crippen molar-refractivity contribution in [1.82, 2.24) is 5.32 Å². The minimum absolute atomic E-state index is 0.367. The zero-order valence-corrected chi connectivity index (χ0v) is 14.6. The third kappa shape index (κ3) is 4.22. The number of thiophene rings is 1. The van der Waals surface area contributed by atoms with Crippen LogP contribution in [-0.4, -0.2) is 13.2 Å². The molecule has 0 aliphatic rings. The first-order valence-electron chi connectivity index (χ1n) is 6.39. The summed E-state index contributed by atoms with van der Waals surface area (Å²) in [6, 6.07) is 10.6. The molecule has 1 aromatic carbocycles. The van der Waals surface area contributed by atoms with Gasteiger partial charge in [0.15, 0.2) is 0 Å². The summed E-state index contributed by atoms with van der Waals surface area (Å²) in [5.41, 5.74) is 1.22. The van der Waals surface area contributed by atoms with Crippen molar-refractivity contribution in [3.63, 3.8) is 0 Å². The minimum atomic E-state index is 0.367. The van der Waals surface area contributed by atoms with Crippen molar-refractivity contribution >= 4 is 38.9 Å². The summed E-state index contributed by atoms with van der Waals surface area (Å²) in [6.07, 6.45) is 0.935. The molecule has 1 unspecified atom stereocenters. The van der Waals surface area contributed by atoms with Gasteiger partial charge >= 0.3 is 0 Å². The van der Waals surface area contributed by atoms with Gasteiger partial charge in [0, 0.05) is 21.9 Å². The molecule has 0 aliphatic heterocycles. The lowest BCUT2D eigenvalue weighted by molar-refractivity contribution is 0.406. The van der Waals surface area contributed by atoms with E-state index in [0.717, 1.165) is 27.5 Å². The topological polar surface area (TPSA) is 21.3 Å². The van der Waals surface area contributed by atoms with Gasteiger partial charge in [0.05, 0.1) is 7.11 Å². The molecule has 0 radical (unpaired) electrons. The average Bonchev–Trinajstić information content (AvgIpc) is 2.76. The van der Waals surface area contributed by atoms with Gasteiger partial charge in [-0.05, 0) is 47.0 Å². The average molecular weight is 375 g/mol. The number of para-hydroxylation sites is 1. The first-order valence-corrected chi connectivity index (χ1v) is 8.38. The lowest BCUT2D eigenvalue weighted by atomic mass is 10.1. The smallest absolute Gasteiger partial charge is 0.122 e. The van der Waals surface area contributed by atoms with Crippen molar-refractivity contribution in [2.75, 3.05) is 7.11 Å². The highest BCUT2D eigenvalue weighted by Crippen LogP contribution is 2.31. The molecule has 0 fully saturated rings. The van der Waals surface area contributed by atoms with Crippen LogP contribution in [-0.2, 0) is 13.0 Å². The summed E-state index contributed by atoms with van der Waals surface area (Å²) in [5.74, 6) is 0.947. The molecule has 0 bridgehead atoms. The molecule has 1 aromatic heterocycles. The van der Waals surface area contributed by atoms with Crippen LogP contribution in [0.25, 0.3) is 0 Å². The number of hydrogen-bond donors (Lipinski definition) is 1. The van der Waals surface area contributed by atoms with E-state index in [-0.39, 0.29) is 0 Å². The van der Waals surface area contributed by atoms with Gasteiger partial charge in [0.2, 0.25) is 0 Å². The van der Waals surface area contributed by atoms with Crippen LogP contribution in [0.15, 0.2) is 34.8 Å². The van der Waals surface area contributed by atoms with E-state index in [1.807, 2.05) is 18.2 Å². The van der Waals surface area contributed by atoms with Gasteiger partial charge in [-0.2, -0.15) is 0 Å². The number of halogens is 2. The van der Waals surface area contributed by atoms with Gasteiger partial charge in [-0.25, -0.2) is 0 Å². The Balaban J connectivity index is 1.90. The number of hydrogen-bond acceptors (Lipinski definition) is 3. The Hall–Kier alpha value is -0.550. The van der Waals surface area contributed by atoms with Gasteiger partial charge in [-0.15, -0.1) is 11.3 Å². The monoisotopic (exact) mass is 373 g/mol. The third-order valence-corrected chi connectivity index (χ3v) is 5.51. The Morgan fingerprint density at radius 2 is 2.15 bits per heavy atom. The maximum Gasteiger partial charge on any atom is 0.122 e. The van der Waals surface area contributed by atoms with Gasteiger partial charge in [0.25, 0.3) is 0 Å². The molecule has 1 heterocycles. The SMILES string of the molecule is COc1ccccc1CC(C)NCc1cc(Br)c(Cl)s1. The molecule has 0 spiro atoms. The van der Waals surface area contributed by atoms with E-state index in [4.69, 9.17) is 16.3 Å². The zero-order chi connectivity index (χ0) is 14.5. The van der Waals surface area contributed by atoms with Gasteiger partial charge < -0.3 is 10.1 Å². The number of ether oxygens (including phenoxy) is 1. The fourth-order valence-corrected chi connectivity index (χ4v) is 3.77. The molecule has 2 rings (SSSR count). The summed E-state index contributed by atoms with van der Waals surface area (Å²) in [7, 11) is 1.71. The van der Waals surface area contributed by atoms with Crippen LogP contribution in [0.5, 0.6) is 5.75 Å². The van der Waals surface area contributed by atoms with E-state index in [2.05, 4.69) is 40.3 Å². The van der Waals surface area contributed by atoms with E-state index in [0.29, 0.717) is 6.04 Å². The second-order valence-electron chi connectivity index (χ2n) is 4.63. The highest BCUT2D eigenvalue weighted by Gasteiger charge is 2.09. The molecule has 2 nitrogen and oxygen atoms in total. The van der Waals surface area contributed by atoms with E-state index in [9.17, 15) is 0 Å². The molecular formula is C15H17BrClNOS. The Labute approximate surface area is 137 Å². The van der Waals surface area contributed by atoms with Crippen LogP contribution in [0.3, 0.4) is 0 Å². The Bertz CT molecular complexity index is 553. The van der Waals surface area contributed by atoms with Crippen LogP contribution >= 0.6 is 38.9 Å². The van der Waals surface area contributed by atoms with Crippen LogP contribution in [0.1, 0.15) is 17.4 Å². The maximum atomic E-state index is 6.04. The molecule has 0 saturated carbocycles. The van der Waals surface area contributed by atoms with Crippen molar-refractivity contribution in [2.45, 2.75) is 25.9 Å². The number of rotatable bonds is 6. The highest BCUT2D eigenvalue weighted by molar-refractivity contribution is 9.10. The zero-order valence-electron chi connectivity index (χ0n) is 11.5. The van der Waals surface area contributed by atoms with Crippen molar-refractivity contribution in [1.29, 1.82) is 0 Å². The summed E-state index contributed by atoms with van der Waals surface area (Å²) in [4.78, 5) is 1.23. The Morgan fingerprint density at radius 1 is 1.40 bits per heavy atom. The normalized spacial score (nSPS) is 12.4. The minimum Gasteiger partial charge on any atom is -0.496 e. The summed E-state index contributed by atoms with van der Waals surface area (Å²) < 4.78 is 7.15. The summed E-state index contributed by atoms with van der Waals surface area (Å²) in [5, 5.41) is 3.51. The van der Waals surface area contributed by atoms with Gasteiger partial charge in [-0.3, -0.25) is 0 Å². The highest BCUT2D eigenvalue weighted by atomic mass is 79.9. The maximum absolute atomic E-state index is 6.04. The first-order chi connectivity index (χ1) is 9.60. The van der Waals surface area contributed by atoms with Crippen molar-refractivity contribution in [3.8, 4) is 5.75 Å². The molecule has 2 aromatic rings. The second-order valence-corrected chi connectivity index (χ2v) is 7.23. The van der Waals surface area contributed by atoms with Crippen molar-refractivity contribution in [3.05, 3.63) is 49.6 Å². The van der Waals surface area contributed by atoms with Crippen LogP contribution in [0, 0.1) is 0 Å². The van der Waals surface area contributed by atoms with Crippen LogP contribution < -0.4 is 10.1 Å². The molecule has 0 aliphatic carbocycles. The number of methoxy groups -OCH3 is 1. The standard InChI is InChI=1S/C15H17BrClNOS/c1-10(7-11-5-3-4-6-14(11)19-2)18-9-12-8-13(16)15(17)20-12/h3-6,8,10,18H,7,9H2,1-2H3. The largest absolute Gasteiger partial charge is 0.496 e. The van der Waals surface area contributed by atoms with Gasteiger partial charge in [-0.1, -0.05) is 29.8 Å². The first kappa shape index (κ1) is 15.8. The van der Waals surface area contributed by atoms with E-state index >= 15 is 0 Å². The third-order valence-electron chi connectivity index (χ3n) is 3.04. The second kappa shape index (κ2) is 7.46. The van der Waals surface area contributed by atoms with E-state index in [1.165, 1.54) is 10.4 Å². The number of nitrogens with one attached hydrogen (secondary N) is 1. The predicted molar refractivity (Wildman–Crippen MR) is 90.0 cm³/mol. The van der Waals surface area contributed by atoms with E-state index < -0.39 is 0 Å². The quantitative estimate of drug-likeness (QED) is 0.777. The predicted octanol–water partition coefficient (Wildman–Crippen LogP) is 4.89. The van der Waals surface area contributed by atoms with Crippen molar-refractivity contribution < 1.29 is 4.74 Å². The molecule has 108 valence electrons. The molecule has 0 amide bonds. The molecule has 20 heavy (non-hydrogen) atoms. The molecule has 0 saturated heterocycles. The molecular weight excluding hydrogens is 358 g/mol. The van der Waals surface area contributed by atoms with Gasteiger partial charge in [0.1, 0.15) is 10.1 Å². The van der Waals surface area contributed by atoms with Crippen LogP contribution in [0.4, 0.5) is 0 Å². The summed E-state index contributed by atoms with van der Waals surface area (Å²) in [6.45, 7) is 3.00. The molecule has 5 heteroatoms. The van der Waals surface area contributed by atoms with E-state index in [1.54, 1.807) is 18.4 Å². The molecule has 1 atom stereocenters. The number of benzene rings is 1. The summed E-state index contributed by atoms with van der Waals surface area (Å²) >= 11 is 11.1. The fourth-order valence-electron chi connectivity index (χ4n) is 2.03. The molecule has 1 N–H and O–H groups in total.